The smallest absolute Gasteiger partial charge is 0.338 e. The zero-order valence-electron chi connectivity index (χ0n) is 16.5. The normalized spacial score (nSPS) is 10.2. The first-order valence-electron chi connectivity index (χ1n) is 9.02. The second-order valence-electron chi connectivity index (χ2n) is 5.75. The summed E-state index contributed by atoms with van der Waals surface area (Å²) in [6, 6.07) is 11.7. The molecule has 8 heteroatoms. The maximum Gasteiger partial charge on any atom is 0.338 e. The van der Waals surface area contributed by atoms with Crippen LogP contribution in [0, 0.1) is 0 Å². The number of thioether (sulfide) groups is 1. The zero-order chi connectivity index (χ0) is 21.2. The molecule has 0 bridgehead atoms. The van der Waals surface area contributed by atoms with Crippen molar-refractivity contribution < 1.29 is 28.6 Å². The fourth-order valence-corrected chi connectivity index (χ4v) is 3.08. The fourth-order valence-electron chi connectivity index (χ4n) is 2.38. The Morgan fingerprint density at radius 1 is 0.897 bits per heavy atom. The van der Waals surface area contributed by atoms with Gasteiger partial charge in [-0.25, -0.2) is 9.59 Å². The minimum Gasteiger partial charge on any atom is -0.497 e. The van der Waals surface area contributed by atoms with Crippen LogP contribution in [-0.4, -0.2) is 43.9 Å². The molecule has 7 nitrogen and oxygen atoms in total. The predicted octanol–water partition coefficient (Wildman–Crippen LogP) is 3.78. The van der Waals surface area contributed by atoms with E-state index >= 15 is 0 Å². The molecule has 0 saturated heterocycles. The Hall–Kier alpha value is -3.00. The van der Waals surface area contributed by atoms with Crippen LogP contribution >= 0.6 is 11.8 Å². The van der Waals surface area contributed by atoms with Crippen LogP contribution < -0.4 is 10.1 Å². The summed E-state index contributed by atoms with van der Waals surface area (Å²) in [5, 5.41) is 2.71. The number of methoxy groups -OCH3 is 1. The lowest BCUT2D eigenvalue weighted by molar-refractivity contribution is -0.113. The largest absolute Gasteiger partial charge is 0.497 e. The number of esters is 2. The molecule has 0 saturated carbocycles. The van der Waals surface area contributed by atoms with E-state index in [1.54, 1.807) is 21.0 Å². The number of hydrogen-bond donors (Lipinski definition) is 1. The van der Waals surface area contributed by atoms with Gasteiger partial charge in [0, 0.05) is 10.6 Å². The Morgan fingerprint density at radius 3 is 1.93 bits per heavy atom. The summed E-state index contributed by atoms with van der Waals surface area (Å²) in [6.45, 7) is 3.77. The second-order valence-corrected chi connectivity index (χ2v) is 6.80. The van der Waals surface area contributed by atoms with Gasteiger partial charge < -0.3 is 19.5 Å². The van der Waals surface area contributed by atoms with Crippen molar-refractivity contribution in [3.8, 4) is 5.75 Å². The minimum absolute atomic E-state index is 0.157. The molecule has 0 aliphatic carbocycles. The highest BCUT2D eigenvalue weighted by Gasteiger charge is 2.16. The third-order valence-corrected chi connectivity index (χ3v) is 4.68. The van der Waals surface area contributed by atoms with Crippen molar-refractivity contribution in [3.63, 3.8) is 0 Å². The van der Waals surface area contributed by atoms with E-state index in [9.17, 15) is 14.4 Å². The van der Waals surface area contributed by atoms with Crippen molar-refractivity contribution in [1.29, 1.82) is 0 Å². The van der Waals surface area contributed by atoms with Crippen LogP contribution in [0.25, 0.3) is 0 Å². The molecule has 0 aliphatic heterocycles. The monoisotopic (exact) mass is 417 g/mol. The number of nitrogens with one attached hydrogen (secondary N) is 1. The lowest BCUT2D eigenvalue weighted by Crippen LogP contribution is -2.16. The van der Waals surface area contributed by atoms with Crippen molar-refractivity contribution in [2.45, 2.75) is 18.7 Å². The van der Waals surface area contributed by atoms with Gasteiger partial charge in [-0.2, -0.15) is 0 Å². The van der Waals surface area contributed by atoms with Crippen LogP contribution in [0.2, 0.25) is 0 Å². The number of anilines is 1. The van der Waals surface area contributed by atoms with E-state index in [4.69, 9.17) is 14.2 Å². The Bertz CT molecular complexity index is 830. The maximum atomic E-state index is 12.3. The van der Waals surface area contributed by atoms with Gasteiger partial charge >= 0.3 is 11.9 Å². The first-order chi connectivity index (χ1) is 14.0. The Morgan fingerprint density at radius 2 is 1.45 bits per heavy atom. The lowest BCUT2D eigenvalue weighted by Gasteiger charge is -2.10. The molecular formula is C21H23NO6S. The van der Waals surface area contributed by atoms with Gasteiger partial charge in [0.25, 0.3) is 0 Å². The SMILES string of the molecule is CCOC(=O)c1cc(NC(=O)CSc2ccc(OC)cc2)cc(C(=O)OCC)c1. The summed E-state index contributed by atoms with van der Waals surface area (Å²) in [7, 11) is 1.59. The Balaban J connectivity index is 2.10. The standard InChI is InChI=1S/C21H23NO6S/c1-4-27-20(24)14-10-15(21(25)28-5-2)12-16(11-14)22-19(23)13-29-18-8-6-17(26-3)7-9-18/h6-12H,4-5,13H2,1-3H3,(H,22,23). The molecule has 0 unspecified atom stereocenters. The number of amides is 1. The maximum absolute atomic E-state index is 12.3. The summed E-state index contributed by atoms with van der Waals surface area (Å²) >= 11 is 1.35. The summed E-state index contributed by atoms with van der Waals surface area (Å²) in [6.07, 6.45) is 0. The number of rotatable bonds is 9. The van der Waals surface area contributed by atoms with Gasteiger partial charge in [0.1, 0.15) is 5.75 Å². The summed E-state index contributed by atoms with van der Waals surface area (Å²) in [4.78, 5) is 37.4. The first kappa shape index (κ1) is 22.3. The van der Waals surface area contributed by atoms with E-state index in [1.165, 1.54) is 30.0 Å². The summed E-state index contributed by atoms with van der Waals surface area (Å²) < 4.78 is 15.1. The van der Waals surface area contributed by atoms with Crippen LogP contribution in [0.5, 0.6) is 5.75 Å². The summed E-state index contributed by atoms with van der Waals surface area (Å²) in [5.41, 5.74) is 0.643. The minimum atomic E-state index is -0.582. The van der Waals surface area contributed by atoms with Crippen molar-refractivity contribution in [1.82, 2.24) is 0 Å². The molecule has 0 radical (unpaired) electrons. The molecular weight excluding hydrogens is 394 g/mol. The molecule has 0 spiro atoms. The average molecular weight is 417 g/mol. The van der Waals surface area contributed by atoms with Gasteiger partial charge in [0.2, 0.25) is 5.91 Å². The molecule has 0 atom stereocenters. The van der Waals surface area contributed by atoms with Gasteiger partial charge in [-0.15, -0.1) is 11.8 Å². The molecule has 0 heterocycles. The molecule has 1 N–H and O–H groups in total. The van der Waals surface area contributed by atoms with Gasteiger partial charge in [0.05, 0.1) is 37.2 Å². The quantitative estimate of drug-likeness (QED) is 0.490. The zero-order valence-corrected chi connectivity index (χ0v) is 17.3. The van der Waals surface area contributed by atoms with E-state index in [0.29, 0.717) is 5.69 Å². The van der Waals surface area contributed by atoms with Crippen LogP contribution in [0.3, 0.4) is 0 Å². The van der Waals surface area contributed by atoms with E-state index in [2.05, 4.69) is 5.32 Å². The van der Waals surface area contributed by atoms with E-state index in [1.807, 2.05) is 24.3 Å². The molecule has 2 aromatic carbocycles. The third kappa shape index (κ3) is 6.83. The van der Waals surface area contributed by atoms with Crippen LogP contribution in [0.15, 0.2) is 47.4 Å². The molecule has 0 aliphatic rings. The van der Waals surface area contributed by atoms with Crippen LogP contribution in [-0.2, 0) is 14.3 Å². The average Bonchev–Trinajstić information content (AvgIpc) is 2.72. The highest BCUT2D eigenvalue weighted by Crippen LogP contribution is 2.22. The third-order valence-electron chi connectivity index (χ3n) is 3.67. The second kappa shape index (κ2) is 11.1. The highest BCUT2D eigenvalue weighted by atomic mass is 32.2. The predicted molar refractivity (Wildman–Crippen MR) is 111 cm³/mol. The van der Waals surface area contributed by atoms with Gasteiger partial charge in [-0.05, 0) is 56.3 Å². The van der Waals surface area contributed by atoms with E-state index in [-0.39, 0.29) is 36.0 Å². The molecule has 154 valence electrons. The highest BCUT2D eigenvalue weighted by molar-refractivity contribution is 8.00. The molecule has 2 aromatic rings. The number of ether oxygens (including phenoxy) is 3. The van der Waals surface area contributed by atoms with Crippen LogP contribution in [0.1, 0.15) is 34.6 Å². The van der Waals surface area contributed by atoms with Crippen molar-refractivity contribution >= 4 is 35.3 Å². The number of benzene rings is 2. The van der Waals surface area contributed by atoms with Crippen molar-refractivity contribution in [2.24, 2.45) is 0 Å². The van der Waals surface area contributed by atoms with Crippen molar-refractivity contribution in [3.05, 3.63) is 53.6 Å². The van der Waals surface area contributed by atoms with Crippen LogP contribution in [0.4, 0.5) is 5.69 Å². The van der Waals surface area contributed by atoms with Gasteiger partial charge in [0.15, 0.2) is 0 Å². The van der Waals surface area contributed by atoms with Crippen molar-refractivity contribution in [2.75, 3.05) is 31.4 Å². The number of carbonyl (C=O) groups is 3. The molecule has 1 amide bonds. The summed E-state index contributed by atoms with van der Waals surface area (Å²) in [5.74, 6) is -0.545. The Kier molecular flexibility index (Phi) is 8.54. The van der Waals surface area contributed by atoms with E-state index in [0.717, 1.165) is 10.6 Å². The van der Waals surface area contributed by atoms with E-state index < -0.39 is 11.9 Å². The number of hydrogen-bond acceptors (Lipinski definition) is 7. The number of carbonyl (C=O) groups excluding carboxylic acids is 3. The topological polar surface area (TPSA) is 90.9 Å². The van der Waals surface area contributed by atoms with Gasteiger partial charge in [-0.3, -0.25) is 4.79 Å². The lowest BCUT2D eigenvalue weighted by atomic mass is 10.1. The van der Waals surface area contributed by atoms with Gasteiger partial charge in [-0.1, -0.05) is 0 Å². The fraction of sp³-hybridized carbons (Fsp3) is 0.286. The molecule has 0 fully saturated rings. The first-order valence-corrected chi connectivity index (χ1v) is 10.0. The Labute approximate surface area is 173 Å². The molecule has 2 rings (SSSR count). The molecule has 29 heavy (non-hydrogen) atoms. The molecule has 0 aromatic heterocycles.